The summed E-state index contributed by atoms with van der Waals surface area (Å²) in [4.78, 5) is 2.74. The van der Waals surface area contributed by atoms with E-state index in [9.17, 15) is 0 Å². The molecular formula is C12H26N2O3S. The highest BCUT2D eigenvalue weighted by molar-refractivity contribution is 7.80. The maximum absolute atomic E-state index is 5.51. The van der Waals surface area contributed by atoms with Crippen molar-refractivity contribution in [3.63, 3.8) is 0 Å². The van der Waals surface area contributed by atoms with Gasteiger partial charge in [0.25, 0.3) is 0 Å². The molecule has 0 aromatic rings. The van der Waals surface area contributed by atoms with Crippen molar-refractivity contribution in [3.05, 3.63) is 0 Å². The van der Waals surface area contributed by atoms with Crippen molar-refractivity contribution in [3.8, 4) is 0 Å². The van der Waals surface area contributed by atoms with Crippen LogP contribution in [-0.4, -0.2) is 69.7 Å². The SMILES string of the molecule is COCCOCCOCCN(C)C(C)CC(N)=S. The van der Waals surface area contributed by atoms with Gasteiger partial charge in [-0.05, 0) is 14.0 Å². The van der Waals surface area contributed by atoms with Gasteiger partial charge in [0.2, 0.25) is 0 Å². The fourth-order valence-electron chi connectivity index (χ4n) is 1.34. The highest BCUT2D eigenvalue weighted by Crippen LogP contribution is 2.00. The maximum Gasteiger partial charge on any atom is 0.0742 e. The van der Waals surface area contributed by atoms with Gasteiger partial charge in [0.1, 0.15) is 0 Å². The predicted molar refractivity (Wildman–Crippen MR) is 77.0 cm³/mol. The van der Waals surface area contributed by atoms with E-state index < -0.39 is 0 Å². The first kappa shape index (κ1) is 17.7. The first-order chi connectivity index (χ1) is 8.57. The van der Waals surface area contributed by atoms with Crippen LogP contribution >= 0.6 is 12.2 Å². The molecular weight excluding hydrogens is 252 g/mol. The van der Waals surface area contributed by atoms with Gasteiger partial charge in [-0.1, -0.05) is 12.2 Å². The van der Waals surface area contributed by atoms with E-state index >= 15 is 0 Å². The van der Waals surface area contributed by atoms with Gasteiger partial charge in [0.15, 0.2) is 0 Å². The fraction of sp³-hybridized carbons (Fsp3) is 0.917. The van der Waals surface area contributed by atoms with Crippen LogP contribution in [0.4, 0.5) is 0 Å². The number of hydrogen-bond acceptors (Lipinski definition) is 5. The van der Waals surface area contributed by atoms with Crippen molar-refractivity contribution in [2.75, 3.05) is 53.7 Å². The van der Waals surface area contributed by atoms with Crippen LogP contribution in [0.3, 0.4) is 0 Å². The van der Waals surface area contributed by atoms with Gasteiger partial charge in [-0.3, -0.25) is 0 Å². The summed E-state index contributed by atoms with van der Waals surface area (Å²) in [5, 5.41) is 0. The van der Waals surface area contributed by atoms with Gasteiger partial charge < -0.3 is 24.8 Å². The van der Waals surface area contributed by atoms with Gasteiger partial charge in [0, 0.05) is 26.1 Å². The summed E-state index contributed by atoms with van der Waals surface area (Å²) in [6.07, 6.45) is 0.742. The lowest BCUT2D eigenvalue weighted by Gasteiger charge is -2.24. The molecule has 0 heterocycles. The predicted octanol–water partition coefficient (Wildman–Crippen LogP) is 0.663. The summed E-state index contributed by atoms with van der Waals surface area (Å²) in [5.41, 5.74) is 5.51. The molecule has 0 saturated carbocycles. The Labute approximate surface area is 116 Å². The second-order valence-electron chi connectivity index (χ2n) is 4.22. The first-order valence-corrected chi connectivity index (χ1v) is 6.61. The van der Waals surface area contributed by atoms with Crippen LogP contribution < -0.4 is 5.73 Å². The number of rotatable bonds is 12. The number of thiocarbonyl (C=S) groups is 1. The van der Waals surface area contributed by atoms with E-state index in [0.29, 0.717) is 44.1 Å². The quantitative estimate of drug-likeness (QED) is 0.418. The van der Waals surface area contributed by atoms with Crippen LogP contribution in [0.1, 0.15) is 13.3 Å². The molecule has 0 fully saturated rings. The largest absolute Gasteiger partial charge is 0.393 e. The van der Waals surface area contributed by atoms with Crippen LogP contribution in [-0.2, 0) is 14.2 Å². The number of nitrogens with zero attached hydrogens (tertiary/aromatic N) is 1. The molecule has 0 amide bonds. The zero-order valence-electron chi connectivity index (χ0n) is 11.7. The summed E-state index contributed by atoms with van der Waals surface area (Å²) in [6, 6.07) is 0.351. The van der Waals surface area contributed by atoms with E-state index in [1.807, 2.05) is 7.05 Å². The Bertz CT molecular complexity index is 217. The molecule has 0 aromatic heterocycles. The highest BCUT2D eigenvalue weighted by Gasteiger charge is 2.09. The smallest absolute Gasteiger partial charge is 0.0742 e. The standard InChI is InChI=1S/C12H26N2O3S/c1-11(10-12(13)18)14(2)4-5-16-8-9-17-7-6-15-3/h11H,4-10H2,1-3H3,(H2,13,18). The molecule has 6 heteroatoms. The second kappa shape index (κ2) is 11.8. The topological polar surface area (TPSA) is 57.0 Å². The third-order valence-corrected chi connectivity index (χ3v) is 2.81. The summed E-state index contributed by atoms with van der Waals surface area (Å²) >= 11 is 4.89. The van der Waals surface area contributed by atoms with Crippen LogP contribution in [0, 0.1) is 0 Å². The molecule has 0 saturated heterocycles. The molecule has 18 heavy (non-hydrogen) atoms. The summed E-state index contributed by atoms with van der Waals surface area (Å²) < 4.78 is 15.6. The number of nitrogens with two attached hydrogens (primary N) is 1. The van der Waals surface area contributed by atoms with E-state index in [1.165, 1.54) is 0 Å². The third-order valence-electron chi connectivity index (χ3n) is 2.64. The maximum atomic E-state index is 5.51. The first-order valence-electron chi connectivity index (χ1n) is 6.21. The van der Waals surface area contributed by atoms with Crippen molar-refractivity contribution < 1.29 is 14.2 Å². The monoisotopic (exact) mass is 278 g/mol. The molecule has 108 valence electrons. The van der Waals surface area contributed by atoms with Crippen molar-refractivity contribution in [2.45, 2.75) is 19.4 Å². The Morgan fingerprint density at radius 3 is 2.28 bits per heavy atom. The van der Waals surface area contributed by atoms with Gasteiger partial charge in [-0.2, -0.15) is 0 Å². The Balaban J connectivity index is 3.34. The summed E-state index contributed by atoms with van der Waals surface area (Å²) in [5.74, 6) is 0. The number of methoxy groups -OCH3 is 1. The summed E-state index contributed by atoms with van der Waals surface area (Å²) in [7, 11) is 3.70. The lowest BCUT2D eigenvalue weighted by molar-refractivity contribution is 0.0192. The molecule has 0 radical (unpaired) electrons. The van der Waals surface area contributed by atoms with E-state index in [4.69, 9.17) is 32.2 Å². The molecule has 5 nitrogen and oxygen atoms in total. The minimum atomic E-state index is 0.351. The van der Waals surface area contributed by atoms with Gasteiger partial charge in [-0.15, -0.1) is 0 Å². The van der Waals surface area contributed by atoms with Crippen molar-refractivity contribution in [1.82, 2.24) is 4.90 Å². The van der Waals surface area contributed by atoms with Gasteiger partial charge in [0.05, 0.1) is 38.0 Å². The van der Waals surface area contributed by atoms with E-state index in [0.717, 1.165) is 13.0 Å². The zero-order chi connectivity index (χ0) is 13.8. The third kappa shape index (κ3) is 10.9. The second-order valence-corrected chi connectivity index (χ2v) is 4.74. The fourth-order valence-corrected chi connectivity index (χ4v) is 1.58. The highest BCUT2D eigenvalue weighted by atomic mass is 32.1. The minimum absolute atomic E-state index is 0.351. The molecule has 0 aromatic carbocycles. The molecule has 1 atom stereocenters. The average Bonchev–Trinajstić information content (AvgIpc) is 2.31. The number of hydrogen-bond donors (Lipinski definition) is 1. The molecule has 0 spiro atoms. The van der Waals surface area contributed by atoms with Crippen molar-refractivity contribution in [2.24, 2.45) is 5.73 Å². The molecule has 0 bridgehead atoms. The van der Waals surface area contributed by atoms with Crippen LogP contribution in [0.2, 0.25) is 0 Å². The molecule has 0 aliphatic carbocycles. The Kier molecular flexibility index (Phi) is 11.6. The minimum Gasteiger partial charge on any atom is -0.393 e. The van der Waals surface area contributed by atoms with Crippen LogP contribution in [0.25, 0.3) is 0 Å². The average molecular weight is 278 g/mol. The van der Waals surface area contributed by atoms with Gasteiger partial charge in [-0.25, -0.2) is 0 Å². The molecule has 0 aliphatic rings. The Hall–Kier alpha value is -0.270. The normalized spacial score (nSPS) is 12.9. The zero-order valence-corrected chi connectivity index (χ0v) is 12.5. The lowest BCUT2D eigenvalue weighted by atomic mass is 10.2. The summed E-state index contributed by atoms with van der Waals surface area (Å²) in [6.45, 7) is 6.11. The molecule has 1 unspecified atom stereocenters. The number of ether oxygens (including phenoxy) is 3. The molecule has 0 aliphatic heterocycles. The molecule has 0 rings (SSSR count). The van der Waals surface area contributed by atoms with E-state index in [2.05, 4.69) is 11.8 Å². The van der Waals surface area contributed by atoms with Gasteiger partial charge >= 0.3 is 0 Å². The lowest BCUT2D eigenvalue weighted by Crippen LogP contribution is -2.35. The Morgan fingerprint density at radius 1 is 1.17 bits per heavy atom. The van der Waals surface area contributed by atoms with E-state index in [-0.39, 0.29) is 0 Å². The van der Waals surface area contributed by atoms with Crippen molar-refractivity contribution >= 4 is 17.2 Å². The molecule has 2 N–H and O–H groups in total. The number of likely N-dealkylation sites (N-methyl/N-ethyl adjacent to an activating group) is 1. The Morgan fingerprint density at radius 2 is 1.72 bits per heavy atom. The van der Waals surface area contributed by atoms with E-state index in [1.54, 1.807) is 7.11 Å². The van der Waals surface area contributed by atoms with Crippen LogP contribution in [0.5, 0.6) is 0 Å². The van der Waals surface area contributed by atoms with Crippen molar-refractivity contribution in [1.29, 1.82) is 0 Å². The van der Waals surface area contributed by atoms with Crippen LogP contribution in [0.15, 0.2) is 0 Å².